The van der Waals surface area contributed by atoms with Gasteiger partial charge in [-0.05, 0) is 76.3 Å². The Balaban J connectivity index is 0.00000160. The van der Waals surface area contributed by atoms with Crippen molar-refractivity contribution in [2.45, 2.75) is 57.8 Å². The Morgan fingerprint density at radius 3 is 2.60 bits per heavy atom. The van der Waals surface area contributed by atoms with Gasteiger partial charge in [-0.15, -0.1) is 24.8 Å². The number of hydrogen-bond acceptors (Lipinski definition) is 5. The topological polar surface area (TPSA) is 63.6 Å². The summed E-state index contributed by atoms with van der Waals surface area (Å²) in [5.41, 5.74) is 2.16. The van der Waals surface area contributed by atoms with Gasteiger partial charge in [0.15, 0.2) is 0 Å². The van der Waals surface area contributed by atoms with Crippen LogP contribution in [0.5, 0.6) is 5.75 Å². The average Bonchev–Trinajstić information content (AvgIpc) is 2.65. The molecule has 2 aromatic rings. The monoisotopic (exact) mass is 476 g/mol. The first-order valence-corrected chi connectivity index (χ1v) is 10.5. The molecular formula is C22H31Cl3N2O3. The minimum atomic E-state index is -0.676. The molecule has 5 nitrogen and oxygen atoms in total. The van der Waals surface area contributed by atoms with Crippen molar-refractivity contribution in [1.82, 2.24) is 10.3 Å². The molecule has 0 radical (unpaired) electrons. The summed E-state index contributed by atoms with van der Waals surface area (Å²) >= 11 is 6.17. The zero-order valence-corrected chi connectivity index (χ0v) is 20.0. The number of aryl methyl sites for hydroxylation is 1. The number of halogens is 3. The standard InChI is InChI=1S/C22H29ClN2O3.2ClH/c1-13-10-19(23)25-17-11-16-18(12-15(13)17)28-22(2,3)21(26)20(16)24-7-4-14-5-8-27-9-6-14;;/h10-12,14,20-21,24,26H,4-9H2,1-3H3;2*1H/t20-,21+;;/m0../s1. The number of hydrogen-bond donors (Lipinski definition) is 2. The van der Waals surface area contributed by atoms with Crippen LogP contribution in [0.2, 0.25) is 5.15 Å². The molecule has 168 valence electrons. The van der Waals surface area contributed by atoms with Crippen LogP contribution >= 0.6 is 36.4 Å². The highest BCUT2D eigenvalue weighted by Gasteiger charge is 2.43. The molecule has 0 unspecified atom stereocenters. The van der Waals surface area contributed by atoms with E-state index in [0.29, 0.717) is 11.1 Å². The third-order valence-corrected chi connectivity index (χ3v) is 6.30. The number of ether oxygens (including phenoxy) is 2. The number of benzene rings is 1. The third kappa shape index (κ3) is 5.14. The molecular weight excluding hydrogens is 447 g/mol. The van der Waals surface area contributed by atoms with Crippen LogP contribution in [-0.4, -0.2) is 41.6 Å². The highest BCUT2D eigenvalue weighted by atomic mass is 35.5. The van der Waals surface area contributed by atoms with E-state index in [2.05, 4.69) is 10.3 Å². The second kappa shape index (κ2) is 10.2. The van der Waals surface area contributed by atoms with E-state index in [9.17, 15) is 5.11 Å². The predicted octanol–water partition coefficient (Wildman–Crippen LogP) is 5.02. The first-order valence-electron chi connectivity index (χ1n) is 10.1. The second-order valence-electron chi connectivity index (χ2n) is 8.60. The first kappa shape index (κ1) is 25.4. The summed E-state index contributed by atoms with van der Waals surface area (Å²) < 4.78 is 11.6. The van der Waals surface area contributed by atoms with E-state index in [-0.39, 0.29) is 30.9 Å². The number of fused-ring (bicyclic) bond motifs is 2. The lowest BCUT2D eigenvalue weighted by Crippen LogP contribution is -2.52. The average molecular weight is 478 g/mol. The molecule has 8 heteroatoms. The molecule has 0 aliphatic carbocycles. The summed E-state index contributed by atoms with van der Waals surface area (Å²) in [6, 6.07) is 5.70. The van der Waals surface area contributed by atoms with Gasteiger partial charge in [-0.2, -0.15) is 0 Å². The molecule has 0 saturated carbocycles. The van der Waals surface area contributed by atoms with Gasteiger partial charge in [0.25, 0.3) is 0 Å². The minimum Gasteiger partial charge on any atom is -0.485 e. The highest BCUT2D eigenvalue weighted by Crippen LogP contribution is 2.42. The molecule has 30 heavy (non-hydrogen) atoms. The summed E-state index contributed by atoms with van der Waals surface area (Å²) in [4.78, 5) is 4.48. The van der Waals surface area contributed by atoms with Crippen LogP contribution in [-0.2, 0) is 4.74 Å². The van der Waals surface area contributed by atoms with Gasteiger partial charge in [0.2, 0.25) is 0 Å². The van der Waals surface area contributed by atoms with Crippen LogP contribution in [0.4, 0.5) is 0 Å². The Kier molecular flexibility index (Phi) is 8.65. The smallest absolute Gasteiger partial charge is 0.131 e. The van der Waals surface area contributed by atoms with Gasteiger partial charge in [-0.25, -0.2) is 4.98 Å². The normalized spacial score (nSPS) is 23.1. The molecule has 1 aromatic carbocycles. The van der Waals surface area contributed by atoms with Crippen molar-refractivity contribution in [2.24, 2.45) is 5.92 Å². The molecule has 3 heterocycles. The summed E-state index contributed by atoms with van der Waals surface area (Å²) in [7, 11) is 0. The Labute approximate surface area is 195 Å². The van der Waals surface area contributed by atoms with Crippen molar-refractivity contribution in [2.75, 3.05) is 19.8 Å². The van der Waals surface area contributed by atoms with Crippen molar-refractivity contribution in [3.8, 4) is 5.75 Å². The van der Waals surface area contributed by atoms with Crippen molar-refractivity contribution in [3.63, 3.8) is 0 Å². The van der Waals surface area contributed by atoms with Crippen molar-refractivity contribution < 1.29 is 14.6 Å². The van der Waals surface area contributed by atoms with Gasteiger partial charge >= 0.3 is 0 Å². The fraction of sp³-hybridized carbons (Fsp3) is 0.591. The van der Waals surface area contributed by atoms with Gasteiger partial charge in [0.1, 0.15) is 22.6 Å². The van der Waals surface area contributed by atoms with Gasteiger partial charge in [0, 0.05) is 24.2 Å². The van der Waals surface area contributed by atoms with Crippen molar-refractivity contribution in [3.05, 3.63) is 34.5 Å². The minimum absolute atomic E-state index is 0. The maximum absolute atomic E-state index is 11.0. The Hall–Kier alpha value is -0.820. The fourth-order valence-corrected chi connectivity index (χ4v) is 4.60. The molecule has 2 N–H and O–H groups in total. The molecule has 2 aliphatic rings. The molecule has 2 aliphatic heterocycles. The van der Waals surface area contributed by atoms with Crippen LogP contribution in [0, 0.1) is 12.8 Å². The third-order valence-electron chi connectivity index (χ3n) is 6.11. The van der Waals surface area contributed by atoms with Crippen LogP contribution in [0.25, 0.3) is 10.9 Å². The molecule has 1 aromatic heterocycles. The van der Waals surface area contributed by atoms with Gasteiger partial charge < -0.3 is 19.9 Å². The van der Waals surface area contributed by atoms with E-state index in [0.717, 1.165) is 66.8 Å². The van der Waals surface area contributed by atoms with E-state index in [1.54, 1.807) is 0 Å². The summed E-state index contributed by atoms with van der Waals surface area (Å²) in [5, 5.41) is 16.1. The number of aromatic nitrogens is 1. The molecule has 1 fully saturated rings. The largest absolute Gasteiger partial charge is 0.485 e. The number of nitrogens with one attached hydrogen (secondary N) is 1. The quantitative estimate of drug-likeness (QED) is 0.605. The second-order valence-corrected chi connectivity index (χ2v) is 8.98. The number of rotatable bonds is 4. The zero-order valence-electron chi connectivity index (χ0n) is 17.6. The van der Waals surface area contributed by atoms with E-state index in [4.69, 9.17) is 21.1 Å². The van der Waals surface area contributed by atoms with Crippen LogP contribution in [0.3, 0.4) is 0 Å². The van der Waals surface area contributed by atoms with Crippen molar-refractivity contribution >= 4 is 47.3 Å². The zero-order chi connectivity index (χ0) is 19.9. The number of aliphatic hydroxyl groups is 1. The summed E-state index contributed by atoms with van der Waals surface area (Å²) in [6.07, 6.45) is 2.66. The van der Waals surface area contributed by atoms with E-state index in [1.807, 2.05) is 39.0 Å². The lowest BCUT2D eigenvalue weighted by molar-refractivity contribution is -0.0646. The Morgan fingerprint density at radius 2 is 1.90 bits per heavy atom. The van der Waals surface area contributed by atoms with Crippen LogP contribution < -0.4 is 10.1 Å². The van der Waals surface area contributed by atoms with Crippen molar-refractivity contribution in [1.29, 1.82) is 0 Å². The molecule has 4 rings (SSSR count). The fourth-order valence-electron chi connectivity index (χ4n) is 4.34. The molecule has 0 bridgehead atoms. The van der Waals surface area contributed by atoms with Gasteiger partial charge in [-0.1, -0.05) is 11.6 Å². The number of pyridine rings is 1. The molecule has 0 spiro atoms. The van der Waals surface area contributed by atoms with E-state index in [1.165, 1.54) is 0 Å². The highest BCUT2D eigenvalue weighted by molar-refractivity contribution is 6.29. The maximum atomic E-state index is 11.0. The Morgan fingerprint density at radius 1 is 1.20 bits per heavy atom. The number of aliphatic hydroxyl groups excluding tert-OH is 1. The van der Waals surface area contributed by atoms with Crippen LogP contribution in [0.15, 0.2) is 18.2 Å². The summed E-state index contributed by atoms with van der Waals surface area (Å²) in [6.45, 7) is 8.46. The molecule has 2 atom stereocenters. The molecule has 1 saturated heterocycles. The predicted molar refractivity (Wildman–Crippen MR) is 126 cm³/mol. The van der Waals surface area contributed by atoms with Crippen LogP contribution in [0.1, 0.15) is 50.3 Å². The molecule has 0 amide bonds. The SMILES string of the molecule is Cc1cc(Cl)nc2cc3c(cc12)OC(C)(C)[C@H](O)[C@H]3NCCC1CCOCC1.Cl.Cl. The summed E-state index contributed by atoms with van der Waals surface area (Å²) in [5.74, 6) is 1.49. The lowest BCUT2D eigenvalue weighted by Gasteiger charge is -2.42. The first-order chi connectivity index (χ1) is 13.3. The Bertz CT molecular complexity index is 872. The van der Waals surface area contributed by atoms with Gasteiger partial charge in [-0.3, -0.25) is 0 Å². The maximum Gasteiger partial charge on any atom is 0.131 e. The number of nitrogens with zero attached hydrogens (tertiary/aromatic N) is 1. The van der Waals surface area contributed by atoms with E-state index < -0.39 is 11.7 Å². The van der Waals surface area contributed by atoms with Gasteiger partial charge in [0.05, 0.1) is 11.6 Å². The van der Waals surface area contributed by atoms with E-state index >= 15 is 0 Å². The lowest BCUT2D eigenvalue weighted by atomic mass is 9.85.